The molecule has 1 N–H and O–H groups in total. The summed E-state index contributed by atoms with van der Waals surface area (Å²) >= 11 is 0. The van der Waals surface area contributed by atoms with E-state index in [0.29, 0.717) is 11.3 Å². The highest BCUT2D eigenvalue weighted by molar-refractivity contribution is 5.64. The molecule has 1 aliphatic heterocycles. The number of aromatic nitrogens is 3. The molecule has 2 unspecified atom stereocenters. The molecule has 0 bridgehead atoms. The van der Waals surface area contributed by atoms with Crippen LogP contribution in [-0.2, 0) is 5.60 Å². The quantitative estimate of drug-likeness (QED) is 0.540. The Bertz CT molecular complexity index is 1320. The summed E-state index contributed by atoms with van der Waals surface area (Å²) in [4.78, 5) is 8.43. The Morgan fingerprint density at radius 1 is 1.13 bits per heavy atom. The predicted octanol–water partition coefficient (Wildman–Crippen LogP) is 4.49. The average molecular weight is 410 g/mol. The molecule has 5 nitrogen and oxygen atoms in total. The van der Waals surface area contributed by atoms with Crippen molar-refractivity contribution in [2.75, 3.05) is 0 Å². The van der Waals surface area contributed by atoms with E-state index in [1.807, 2.05) is 54.0 Å². The van der Waals surface area contributed by atoms with E-state index < -0.39 is 17.5 Å². The fourth-order valence-electron chi connectivity index (χ4n) is 4.41. The molecule has 0 saturated heterocycles. The molecule has 152 valence electrons. The van der Waals surface area contributed by atoms with Crippen molar-refractivity contribution in [3.8, 4) is 17.2 Å². The van der Waals surface area contributed by atoms with Gasteiger partial charge in [-0.25, -0.2) is 9.37 Å². The van der Waals surface area contributed by atoms with Gasteiger partial charge in [-0.1, -0.05) is 30.3 Å². The fraction of sp³-hybridized carbons (Fsp3) is 0.160. The van der Waals surface area contributed by atoms with Crippen LogP contribution in [0.1, 0.15) is 40.5 Å². The van der Waals surface area contributed by atoms with Crippen LogP contribution >= 0.6 is 0 Å². The Labute approximate surface area is 179 Å². The first-order valence-corrected chi connectivity index (χ1v) is 9.97. The van der Waals surface area contributed by atoms with Gasteiger partial charge in [0.15, 0.2) is 0 Å². The molecule has 1 aliphatic rings. The third-order valence-electron chi connectivity index (χ3n) is 6.00. The Balaban J connectivity index is 1.53. The molecule has 2 aromatic carbocycles. The summed E-state index contributed by atoms with van der Waals surface area (Å²) in [6, 6.07) is 17.7. The maximum atomic E-state index is 14.7. The first-order valence-electron chi connectivity index (χ1n) is 9.97. The largest absolute Gasteiger partial charge is 0.379 e. The van der Waals surface area contributed by atoms with E-state index in [1.54, 1.807) is 30.9 Å². The third kappa shape index (κ3) is 3.11. The molecular weight excluding hydrogens is 391 g/mol. The first kappa shape index (κ1) is 19.2. The summed E-state index contributed by atoms with van der Waals surface area (Å²) in [5, 5.41) is 20.7. The highest BCUT2D eigenvalue weighted by atomic mass is 19.1. The Hall–Kier alpha value is -3.82. The fourth-order valence-corrected chi connectivity index (χ4v) is 4.41. The third-order valence-corrected chi connectivity index (χ3v) is 6.00. The van der Waals surface area contributed by atoms with Gasteiger partial charge in [-0.2, -0.15) is 5.26 Å². The van der Waals surface area contributed by atoms with E-state index in [-0.39, 0.29) is 12.0 Å². The van der Waals surface area contributed by atoms with E-state index in [4.69, 9.17) is 5.26 Å². The van der Waals surface area contributed by atoms with Gasteiger partial charge in [0, 0.05) is 23.9 Å². The van der Waals surface area contributed by atoms with Crippen molar-refractivity contribution in [1.29, 1.82) is 5.26 Å². The summed E-state index contributed by atoms with van der Waals surface area (Å²) in [7, 11) is 0. The van der Waals surface area contributed by atoms with Gasteiger partial charge >= 0.3 is 0 Å². The van der Waals surface area contributed by atoms with Crippen molar-refractivity contribution >= 4 is 0 Å². The van der Waals surface area contributed by atoms with Gasteiger partial charge in [-0.15, -0.1) is 0 Å². The van der Waals surface area contributed by atoms with Crippen molar-refractivity contribution in [2.45, 2.75) is 25.0 Å². The maximum absolute atomic E-state index is 14.7. The molecule has 31 heavy (non-hydrogen) atoms. The summed E-state index contributed by atoms with van der Waals surface area (Å²) in [6.07, 6.45) is 5.30. The monoisotopic (exact) mass is 410 g/mol. The van der Waals surface area contributed by atoms with E-state index in [1.165, 1.54) is 6.07 Å². The molecule has 5 rings (SSSR count). The van der Waals surface area contributed by atoms with Crippen LogP contribution < -0.4 is 0 Å². The van der Waals surface area contributed by atoms with Crippen LogP contribution in [0.25, 0.3) is 11.1 Å². The number of nitrogens with zero attached hydrogens (tertiary/aromatic N) is 4. The number of hydrogen-bond acceptors (Lipinski definition) is 4. The molecule has 0 amide bonds. The zero-order valence-electron chi connectivity index (χ0n) is 16.8. The van der Waals surface area contributed by atoms with Crippen LogP contribution in [0.15, 0.2) is 73.3 Å². The summed E-state index contributed by atoms with van der Waals surface area (Å²) < 4.78 is 16.6. The van der Waals surface area contributed by atoms with Crippen molar-refractivity contribution < 1.29 is 9.50 Å². The number of rotatable bonds is 3. The van der Waals surface area contributed by atoms with E-state index in [9.17, 15) is 9.50 Å². The van der Waals surface area contributed by atoms with Gasteiger partial charge in [0.05, 0.1) is 35.9 Å². The Morgan fingerprint density at radius 2 is 1.94 bits per heavy atom. The number of halogens is 1. The van der Waals surface area contributed by atoms with Crippen LogP contribution in [0.3, 0.4) is 0 Å². The van der Waals surface area contributed by atoms with Crippen LogP contribution in [-0.4, -0.2) is 19.6 Å². The highest BCUT2D eigenvalue weighted by Gasteiger charge is 2.45. The molecule has 6 heteroatoms. The number of hydrogen-bond donors (Lipinski definition) is 1. The topological polar surface area (TPSA) is 74.7 Å². The lowest BCUT2D eigenvalue weighted by molar-refractivity contribution is 0.0792. The smallest absolute Gasteiger partial charge is 0.133 e. The molecule has 2 atom stereocenters. The molecule has 0 saturated carbocycles. The van der Waals surface area contributed by atoms with Gasteiger partial charge in [-0.3, -0.25) is 4.98 Å². The van der Waals surface area contributed by atoms with Gasteiger partial charge in [-0.05, 0) is 47.9 Å². The van der Waals surface area contributed by atoms with Crippen LogP contribution in [0.4, 0.5) is 4.39 Å². The number of nitriles is 1. The zero-order chi connectivity index (χ0) is 21.6. The number of benzene rings is 2. The number of aryl methyl sites for hydroxylation is 1. The first-order chi connectivity index (χ1) is 15.0. The van der Waals surface area contributed by atoms with Crippen LogP contribution in [0.2, 0.25) is 0 Å². The second-order valence-corrected chi connectivity index (χ2v) is 7.88. The Morgan fingerprint density at radius 3 is 2.65 bits per heavy atom. The number of pyridine rings is 1. The van der Waals surface area contributed by atoms with Gasteiger partial charge in [0.1, 0.15) is 11.4 Å². The molecule has 0 spiro atoms. The van der Waals surface area contributed by atoms with Crippen molar-refractivity contribution in [3.63, 3.8) is 0 Å². The van der Waals surface area contributed by atoms with E-state index in [2.05, 4.69) is 9.97 Å². The van der Waals surface area contributed by atoms with Crippen molar-refractivity contribution in [3.05, 3.63) is 107 Å². The maximum Gasteiger partial charge on any atom is 0.133 e. The normalized spacial score (nSPS) is 19.7. The molecule has 0 aliphatic carbocycles. The molecular formula is C25H19FN4O. The van der Waals surface area contributed by atoms with Gasteiger partial charge in [0.2, 0.25) is 0 Å². The molecule has 0 fully saturated rings. The SMILES string of the molecule is Cc1cc(-c2ccc(C3(O)CC(c4ccc(C#N)cc4F)n4cncc43)cc2)ccn1. The average Bonchev–Trinajstić information content (AvgIpc) is 3.37. The van der Waals surface area contributed by atoms with Crippen molar-refractivity contribution in [1.82, 2.24) is 14.5 Å². The highest BCUT2D eigenvalue weighted by Crippen LogP contribution is 2.47. The summed E-state index contributed by atoms with van der Waals surface area (Å²) in [5.41, 5.74) is 3.76. The molecule has 0 radical (unpaired) electrons. The summed E-state index contributed by atoms with van der Waals surface area (Å²) in [6.45, 7) is 1.95. The second-order valence-electron chi connectivity index (χ2n) is 7.88. The predicted molar refractivity (Wildman–Crippen MR) is 114 cm³/mol. The number of imidazole rings is 1. The minimum atomic E-state index is -1.30. The Kier molecular flexibility index (Phi) is 4.42. The standard InChI is InChI=1S/C25H19FN4O/c1-16-10-19(8-9-29-16)18-3-5-20(6-4-18)25(31)12-23(30-15-28-14-24(25)30)21-7-2-17(13-27)11-22(21)26/h2-11,14-15,23,31H,12H2,1H3. The lowest BCUT2D eigenvalue weighted by Crippen LogP contribution is -2.24. The molecule has 2 aromatic heterocycles. The van der Waals surface area contributed by atoms with E-state index >= 15 is 0 Å². The van der Waals surface area contributed by atoms with Crippen LogP contribution in [0, 0.1) is 24.1 Å². The van der Waals surface area contributed by atoms with Gasteiger partial charge in [0.25, 0.3) is 0 Å². The lowest BCUT2D eigenvalue weighted by atomic mass is 9.86. The number of fused-ring (bicyclic) bond motifs is 1. The van der Waals surface area contributed by atoms with Crippen LogP contribution in [0.5, 0.6) is 0 Å². The van der Waals surface area contributed by atoms with Crippen molar-refractivity contribution in [2.24, 2.45) is 0 Å². The minimum absolute atomic E-state index is 0.266. The lowest BCUT2D eigenvalue weighted by Gasteiger charge is -2.23. The summed E-state index contributed by atoms with van der Waals surface area (Å²) in [5.74, 6) is -0.462. The zero-order valence-corrected chi connectivity index (χ0v) is 16.8. The van der Waals surface area contributed by atoms with Gasteiger partial charge < -0.3 is 9.67 Å². The van der Waals surface area contributed by atoms with E-state index in [0.717, 1.165) is 22.4 Å². The second kappa shape index (κ2) is 7.15. The molecule has 3 heterocycles. The minimum Gasteiger partial charge on any atom is -0.379 e. The number of aliphatic hydroxyl groups is 1. The molecule has 4 aromatic rings.